The summed E-state index contributed by atoms with van der Waals surface area (Å²) in [5, 5.41) is 8.33. The molecule has 0 saturated carbocycles. The fourth-order valence-electron chi connectivity index (χ4n) is 3.88. The van der Waals surface area contributed by atoms with Gasteiger partial charge < -0.3 is 5.32 Å². The van der Waals surface area contributed by atoms with E-state index in [2.05, 4.69) is 15.4 Å². The second-order valence-electron chi connectivity index (χ2n) is 7.53. The third-order valence-corrected chi connectivity index (χ3v) is 6.64. The van der Waals surface area contributed by atoms with Crippen molar-refractivity contribution >= 4 is 33.1 Å². The maximum absolute atomic E-state index is 12.8. The quantitative estimate of drug-likeness (QED) is 0.564. The van der Waals surface area contributed by atoms with Gasteiger partial charge in [0.2, 0.25) is 5.91 Å². The van der Waals surface area contributed by atoms with Crippen LogP contribution in [0, 0.1) is 6.92 Å². The fourth-order valence-corrected chi connectivity index (χ4v) is 5.10. The molecular weight excluding hydrogens is 386 g/mol. The minimum atomic E-state index is -0.337. The van der Waals surface area contributed by atoms with Gasteiger partial charge in [-0.15, -0.1) is 16.4 Å². The molecule has 0 unspecified atom stereocenters. The average molecular weight is 407 g/mol. The summed E-state index contributed by atoms with van der Waals surface area (Å²) < 4.78 is 2.69. The van der Waals surface area contributed by atoms with E-state index in [0.717, 1.165) is 35.0 Å². The number of carbonyl (C=O) groups is 1. The Morgan fingerprint density at radius 2 is 2.00 bits per heavy atom. The van der Waals surface area contributed by atoms with Gasteiger partial charge in [-0.2, -0.15) is 0 Å². The van der Waals surface area contributed by atoms with Crippen LogP contribution in [0.1, 0.15) is 34.4 Å². The molecule has 3 heterocycles. The van der Waals surface area contributed by atoms with Gasteiger partial charge in [0.05, 0.1) is 5.39 Å². The van der Waals surface area contributed by atoms with Gasteiger partial charge in [-0.1, -0.05) is 29.8 Å². The number of thiophene rings is 1. The van der Waals surface area contributed by atoms with Crippen LogP contribution in [0.3, 0.4) is 0 Å². The molecule has 0 spiro atoms. The molecule has 4 aromatic rings. The molecule has 29 heavy (non-hydrogen) atoms. The van der Waals surface area contributed by atoms with E-state index in [-0.39, 0.29) is 18.1 Å². The van der Waals surface area contributed by atoms with Crippen molar-refractivity contribution in [2.45, 2.75) is 45.7 Å². The second-order valence-corrected chi connectivity index (χ2v) is 8.62. The van der Waals surface area contributed by atoms with Gasteiger partial charge in [0, 0.05) is 11.4 Å². The first kappa shape index (κ1) is 18.1. The number of hydrogen-bond donors (Lipinski definition) is 1. The number of hydrogen-bond acceptors (Lipinski definition) is 5. The van der Waals surface area contributed by atoms with E-state index >= 15 is 0 Å². The summed E-state index contributed by atoms with van der Waals surface area (Å²) in [4.78, 5) is 31.9. The van der Waals surface area contributed by atoms with Crippen molar-refractivity contribution in [2.75, 3.05) is 0 Å². The highest BCUT2D eigenvalue weighted by Gasteiger charge is 2.21. The third-order valence-electron chi connectivity index (χ3n) is 5.44. The number of carbonyl (C=O) groups excluding carboxylic acids is 1. The van der Waals surface area contributed by atoms with E-state index in [4.69, 9.17) is 0 Å². The summed E-state index contributed by atoms with van der Waals surface area (Å²) in [6.07, 6.45) is 5.92. The van der Waals surface area contributed by atoms with E-state index in [1.165, 1.54) is 37.8 Å². The van der Waals surface area contributed by atoms with E-state index in [0.29, 0.717) is 12.2 Å². The summed E-state index contributed by atoms with van der Waals surface area (Å²) in [7, 11) is 0. The largest absolute Gasteiger partial charge is 0.352 e. The molecule has 0 radical (unpaired) electrons. The molecule has 3 aromatic heterocycles. The van der Waals surface area contributed by atoms with E-state index in [1.54, 1.807) is 11.3 Å². The van der Waals surface area contributed by atoms with Crippen molar-refractivity contribution < 1.29 is 4.79 Å². The van der Waals surface area contributed by atoms with Crippen LogP contribution in [-0.2, 0) is 30.7 Å². The first-order chi connectivity index (χ1) is 14.1. The molecule has 148 valence electrons. The van der Waals surface area contributed by atoms with Crippen LogP contribution in [-0.4, -0.2) is 25.1 Å². The van der Waals surface area contributed by atoms with E-state index < -0.39 is 0 Å². The SMILES string of the molecule is Cc1ccc(CNC(=O)Cn2nc3c4c5c(sc4ncn3c2=O)CCCC5)cc1. The Balaban J connectivity index is 1.43. The zero-order valence-electron chi connectivity index (χ0n) is 16.1. The lowest BCUT2D eigenvalue weighted by Crippen LogP contribution is -2.32. The molecule has 0 bridgehead atoms. The van der Waals surface area contributed by atoms with E-state index in [9.17, 15) is 9.59 Å². The standard InChI is InChI=1S/C21H21N5O2S/c1-13-6-8-14(9-7-13)10-22-17(27)11-26-21(28)25-12-23-20-18(19(25)24-26)15-4-2-3-5-16(15)29-20/h6-9,12H,2-5,10-11H2,1H3,(H,22,27). The Morgan fingerprint density at radius 3 is 2.83 bits per heavy atom. The zero-order chi connectivity index (χ0) is 20.0. The minimum absolute atomic E-state index is 0.111. The molecule has 1 N–H and O–H groups in total. The topological polar surface area (TPSA) is 81.3 Å². The Labute approximate surface area is 171 Å². The van der Waals surface area contributed by atoms with Crippen LogP contribution in [0.15, 0.2) is 35.4 Å². The van der Waals surface area contributed by atoms with Crippen molar-refractivity contribution in [1.29, 1.82) is 0 Å². The summed E-state index contributed by atoms with van der Waals surface area (Å²) in [6, 6.07) is 7.98. The van der Waals surface area contributed by atoms with Crippen molar-refractivity contribution in [2.24, 2.45) is 0 Å². The maximum Gasteiger partial charge on any atom is 0.352 e. The Bertz CT molecular complexity index is 1280. The van der Waals surface area contributed by atoms with Crippen molar-refractivity contribution in [3.63, 3.8) is 0 Å². The minimum Gasteiger partial charge on any atom is -0.350 e. The summed E-state index contributed by atoms with van der Waals surface area (Å²) in [5.74, 6) is -0.243. The Morgan fingerprint density at radius 1 is 1.21 bits per heavy atom. The summed E-state index contributed by atoms with van der Waals surface area (Å²) in [5.41, 5.74) is 3.73. The fraction of sp³-hybridized carbons (Fsp3) is 0.333. The third kappa shape index (κ3) is 3.23. The van der Waals surface area contributed by atoms with Gasteiger partial charge in [0.25, 0.3) is 0 Å². The van der Waals surface area contributed by atoms with Gasteiger partial charge in [0.1, 0.15) is 17.7 Å². The summed E-state index contributed by atoms with van der Waals surface area (Å²) in [6.45, 7) is 2.33. The van der Waals surface area contributed by atoms with Gasteiger partial charge in [-0.25, -0.2) is 18.9 Å². The van der Waals surface area contributed by atoms with Gasteiger partial charge in [0.15, 0.2) is 5.65 Å². The number of aromatic nitrogens is 4. The van der Waals surface area contributed by atoms with Gasteiger partial charge in [-0.05, 0) is 43.7 Å². The Kier molecular flexibility index (Phi) is 4.43. The van der Waals surface area contributed by atoms with Crippen LogP contribution >= 0.6 is 11.3 Å². The second kappa shape index (κ2) is 7.11. The highest BCUT2D eigenvalue weighted by Crippen LogP contribution is 2.36. The lowest BCUT2D eigenvalue weighted by atomic mass is 9.97. The van der Waals surface area contributed by atoms with Crippen LogP contribution < -0.4 is 11.0 Å². The molecule has 0 saturated heterocycles. The number of aryl methyl sites for hydroxylation is 3. The van der Waals surface area contributed by atoms with Crippen LogP contribution in [0.2, 0.25) is 0 Å². The normalized spacial score (nSPS) is 13.7. The lowest BCUT2D eigenvalue weighted by Gasteiger charge is -2.09. The lowest BCUT2D eigenvalue weighted by molar-refractivity contribution is -0.122. The average Bonchev–Trinajstić information content (AvgIpc) is 3.25. The number of amides is 1. The van der Waals surface area contributed by atoms with Crippen molar-refractivity contribution in [3.05, 3.63) is 62.6 Å². The molecule has 1 aliphatic carbocycles. The molecule has 1 aromatic carbocycles. The first-order valence-corrected chi connectivity index (χ1v) is 10.6. The zero-order valence-corrected chi connectivity index (χ0v) is 17.0. The number of nitrogens with one attached hydrogen (secondary N) is 1. The molecule has 1 aliphatic rings. The number of fused-ring (bicyclic) bond motifs is 5. The van der Waals surface area contributed by atoms with Crippen molar-refractivity contribution in [3.8, 4) is 0 Å². The highest BCUT2D eigenvalue weighted by molar-refractivity contribution is 7.19. The molecular formula is C21H21N5O2S. The smallest absolute Gasteiger partial charge is 0.350 e. The predicted molar refractivity (Wildman–Crippen MR) is 112 cm³/mol. The molecule has 8 heteroatoms. The molecule has 0 atom stereocenters. The molecule has 0 fully saturated rings. The molecule has 1 amide bonds. The van der Waals surface area contributed by atoms with Gasteiger partial charge in [-0.3, -0.25) is 4.79 Å². The number of benzene rings is 1. The van der Waals surface area contributed by atoms with Crippen LogP contribution in [0.5, 0.6) is 0 Å². The first-order valence-electron chi connectivity index (χ1n) is 9.81. The van der Waals surface area contributed by atoms with E-state index in [1.807, 2.05) is 31.2 Å². The monoisotopic (exact) mass is 407 g/mol. The van der Waals surface area contributed by atoms with Crippen LogP contribution in [0.25, 0.3) is 15.9 Å². The number of nitrogens with zero attached hydrogens (tertiary/aromatic N) is 4. The maximum atomic E-state index is 12.8. The van der Waals surface area contributed by atoms with Crippen LogP contribution in [0.4, 0.5) is 0 Å². The van der Waals surface area contributed by atoms with Gasteiger partial charge >= 0.3 is 5.69 Å². The predicted octanol–water partition coefficient (Wildman–Crippen LogP) is 2.61. The molecule has 5 rings (SSSR count). The molecule has 7 nitrogen and oxygen atoms in total. The van der Waals surface area contributed by atoms with Crippen molar-refractivity contribution in [1.82, 2.24) is 24.5 Å². The summed E-state index contributed by atoms with van der Waals surface area (Å²) >= 11 is 1.70. The number of rotatable bonds is 4. The Hall–Kier alpha value is -3.00. The highest BCUT2D eigenvalue weighted by atomic mass is 32.1. The molecule has 0 aliphatic heterocycles.